The zero-order valence-corrected chi connectivity index (χ0v) is 12.3. The van der Waals surface area contributed by atoms with Crippen molar-refractivity contribution in [3.05, 3.63) is 51.5 Å². The second-order valence-electron chi connectivity index (χ2n) is 5.07. The number of thiazole rings is 1. The normalized spacial score (nSPS) is 19.6. The van der Waals surface area contributed by atoms with Crippen LogP contribution in [-0.2, 0) is 11.2 Å². The Morgan fingerprint density at radius 1 is 1.50 bits per heavy atom. The van der Waals surface area contributed by atoms with Crippen molar-refractivity contribution in [3.8, 4) is 0 Å². The fraction of sp³-hybridized carbons (Fsp3) is 0.400. The van der Waals surface area contributed by atoms with Crippen LogP contribution in [0.25, 0.3) is 0 Å². The topological polar surface area (TPSA) is 60.2 Å². The lowest BCUT2D eigenvalue weighted by Crippen LogP contribution is -2.30. The molecule has 0 radical (unpaired) electrons. The number of hydrogen-bond acceptors (Lipinski definition) is 5. The summed E-state index contributed by atoms with van der Waals surface area (Å²) in [5, 5.41) is 0. The highest BCUT2D eigenvalue weighted by Crippen LogP contribution is 2.35. The summed E-state index contributed by atoms with van der Waals surface area (Å²) in [4.78, 5) is 5.50. The van der Waals surface area contributed by atoms with Crippen LogP contribution in [0.3, 0.4) is 0 Å². The van der Waals surface area contributed by atoms with Gasteiger partial charge in [0.1, 0.15) is 0 Å². The molecule has 0 bridgehead atoms. The van der Waals surface area contributed by atoms with Crippen LogP contribution in [0.5, 0.6) is 0 Å². The number of fused-ring (bicyclic) bond motifs is 1. The van der Waals surface area contributed by atoms with Crippen molar-refractivity contribution in [3.63, 3.8) is 0 Å². The molecule has 1 aromatic carbocycles. The van der Waals surface area contributed by atoms with Crippen LogP contribution >= 0.6 is 11.3 Å². The lowest BCUT2D eigenvalue weighted by Gasteiger charge is -2.29. The first kappa shape index (κ1) is 13.7. The third-order valence-electron chi connectivity index (χ3n) is 3.84. The van der Waals surface area contributed by atoms with Crippen molar-refractivity contribution in [1.82, 2.24) is 10.4 Å². The molecule has 5 heteroatoms. The maximum absolute atomic E-state index is 5.96. The molecule has 2 atom stereocenters. The standard InChI is InChI=1S/C15H19N3OS/c1-10-15(20-9-17-10)13(18-16)8-14-12-5-3-2-4-11(12)6-7-19-14/h2-5,9,13-14,18H,6-8,16H2,1H3. The van der Waals surface area contributed by atoms with Gasteiger partial charge < -0.3 is 4.74 Å². The van der Waals surface area contributed by atoms with E-state index in [9.17, 15) is 0 Å². The Labute approximate surface area is 123 Å². The maximum atomic E-state index is 5.96. The molecule has 1 aromatic heterocycles. The van der Waals surface area contributed by atoms with E-state index < -0.39 is 0 Å². The van der Waals surface area contributed by atoms with Gasteiger partial charge in [-0.2, -0.15) is 0 Å². The van der Waals surface area contributed by atoms with Crippen LogP contribution in [-0.4, -0.2) is 11.6 Å². The summed E-state index contributed by atoms with van der Waals surface area (Å²) in [7, 11) is 0. The Morgan fingerprint density at radius 3 is 3.10 bits per heavy atom. The van der Waals surface area contributed by atoms with Gasteiger partial charge in [-0.1, -0.05) is 24.3 Å². The first-order valence-corrected chi connectivity index (χ1v) is 7.73. The first-order chi connectivity index (χ1) is 9.79. The van der Waals surface area contributed by atoms with E-state index in [-0.39, 0.29) is 12.1 Å². The van der Waals surface area contributed by atoms with Crippen LogP contribution in [0.1, 0.15) is 40.3 Å². The number of ether oxygens (including phenoxy) is 1. The molecule has 0 saturated carbocycles. The van der Waals surface area contributed by atoms with Crippen LogP contribution in [0.4, 0.5) is 0 Å². The van der Waals surface area contributed by atoms with Gasteiger partial charge in [-0.3, -0.25) is 11.3 Å². The molecule has 3 N–H and O–H groups in total. The van der Waals surface area contributed by atoms with Gasteiger partial charge in [0.25, 0.3) is 0 Å². The molecule has 0 aliphatic carbocycles. The number of nitrogens with two attached hydrogens (primary N) is 1. The lowest BCUT2D eigenvalue weighted by atomic mass is 9.93. The zero-order chi connectivity index (χ0) is 13.9. The molecular weight excluding hydrogens is 270 g/mol. The van der Waals surface area contributed by atoms with Gasteiger partial charge in [0.05, 0.1) is 30.0 Å². The molecule has 0 spiro atoms. The predicted octanol–water partition coefficient (Wildman–Crippen LogP) is 2.66. The van der Waals surface area contributed by atoms with Crippen molar-refractivity contribution in [1.29, 1.82) is 0 Å². The number of nitrogens with one attached hydrogen (secondary N) is 1. The Bertz CT molecular complexity index is 584. The number of hydrogen-bond donors (Lipinski definition) is 2. The summed E-state index contributed by atoms with van der Waals surface area (Å²) in [5.41, 5.74) is 8.51. The van der Waals surface area contributed by atoms with Crippen molar-refractivity contribution < 1.29 is 4.74 Å². The van der Waals surface area contributed by atoms with Gasteiger partial charge >= 0.3 is 0 Å². The highest BCUT2D eigenvalue weighted by Gasteiger charge is 2.25. The Hall–Kier alpha value is -1.27. The quantitative estimate of drug-likeness (QED) is 0.671. The van der Waals surface area contributed by atoms with E-state index in [1.54, 1.807) is 11.3 Å². The van der Waals surface area contributed by atoms with E-state index in [2.05, 4.69) is 34.7 Å². The SMILES string of the molecule is Cc1ncsc1C(CC1OCCc2ccccc21)NN. The lowest BCUT2D eigenvalue weighted by molar-refractivity contribution is 0.0295. The Balaban J connectivity index is 1.82. The minimum absolute atomic E-state index is 0.0821. The molecule has 2 unspecified atom stereocenters. The summed E-state index contributed by atoms with van der Waals surface area (Å²) in [6, 6.07) is 8.59. The molecule has 1 aliphatic rings. The van der Waals surface area contributed by atoms with E-state index in [0.717, 1.165) is 25.1 Å². The highest BCUT2D eigenvalue weighted by molar-refractivity contribution is 7.09. The third-order valence-corrected chi connectivity index (χ3v) is 4.89. The number of nitrogens with zero attached hydrogens (tertiary/aromatic N) is 1. The highest BCUT2D eigenvalue weighted by atomic mass is 32.1. The summed E-state index contributed by atoms with van der Waals surface area (Å²) in [5.74, 6) is 5.74. The van der Waals surface area contributed by atoms with Crippen molar-refractivity contribution in [2.24, 2.45) is 5.84 Å². The molecule has 3 rings (SSSR count). The van der Waals surface area contributed by atoms with Crippen molar-refractivity contribution in [2.75, 3.05) is 6.61 Å². The molecular formula is C15H19N3OS. The minimum atomic E-state index is 0.0821. The number of aromatic nitrogens is 1. The summed E-state index contributed by atoms with van der Waals surface area (Å²) < 4.78 is 5.96. The minimum Gasteiger partial charge on any atom is -0.373 e. The second kappa shape index (κ2) is 6.01. The summed E-state index contributed by atoms with van der Waals surface area (Å²) >= 11 is 1.64. The fourth-order valence-corrected chi connectivity index (χ4v) is 3.66. The van der Waals surface area contributed by atoms with Gasteiger partial charge in [-0.25, -0.2) is 4.98 Å². The van der Waals surface area contributed by atoms with Gasteiger partial charge in [-0.05, 0) is 30.9 Å². The predicted molar refractivity (Wildman–Crippen MR) is 80.4 cm³/mol. The Kier molecular flexibility index (Phi) is 4.12. The van der Waals surface area contributed by atoms with Crippen molar-refractivity contribution in [2.45, 2.75) is 31.9 Å². The van der Waals surface area contributed by atoms with Gasteiger partial charge in [0.15, 0.2) is 0 Å². The van der Waals surface area contributed by atoms with E-state index in [1.165, 1.54) is 16.0 Å². The van der Waals surface area contributed by atoms with Gasteiger partial charge in [-0.15, -0.1) is 11.3 Å². The van der Waals surface area contributed by atoms with Crippen molar-refractivity contribution >= 4 is 11.3 Å². The monoisotopic (exact) mass is 289 g/mol. The van der Waals surface area contributed by atoms with E-state index >= 15 is 0 Å². The molecule has 20 heavy (non-hydrogen) atoms. The molecule has 106 valence electrons. The van der Waals surface area contributed by atoms with Crippen LogP contribution in [0.15, 0.2) is 29.8 Å². The smallest absolute Gasteiger partial charge is 0.0846 e. The Morgan fingerprint density at radius 2 is 2.35 bits per heavy atom. The molecule has 4 nitrogen and oxygen atoms in total. The summed E-state index contributed by atoms with van der Waals surface area (Å²) in [6.45, 7) is 2.80. The first-order valence-electron chi connectivity index (χ1n) is 6.85. The van der Waals surface area contributed by atoms with Crippen LogP contribution < -0.4 is 11.3 Å². The average Bonchev–Trinajstić information content (AvgIpc) is 2.91. The van der Waals surface area contributed by atoms with Crippen LogP contribution in [0.2, 0.25) is 0 Å². The molecule has 0 fully saturated rings. The van der Waals surface area contributed by atoms with Crippen LogP contribution in [0, 0.1) is 6.92 Å². The molecule has 1 aliphatic heterocycles. The van der Waals surface area contributed by atoms with E-state index in [1.807, 2.05) is 12.4 Å². The van der Waals surface area contributed by atoms with E-state index in [0.29, 0.717) is 0 Å². The van der Waals surface area contributed by atoms with Gasteiger partial charge in [0, 0.05) is 4.88 Å². The fourth-order valence-electron chi connectivity index (χ4n) is 2.78. The molecule has 0 amide bonds. The number of aryl methyl sites for hydroxylation is 1. The molecule has 0 saturated heterocycles. The largest absolute Gasteiger partial charge is 0.373 e. The maximum Gasteiger partial charge on any atom is 0.0846 e. The second-order valence-corrected chi connectivity index (χ2v) is 5.95. The number of rotatable bonds is 4. The van der Waals surface area contributed by atoms with E-state index in [4.69, 9.17) is 10.6 Å². The molecule has 2 heterocycles. The number of hydrazine groups is 1. The third kappa shape index (κ3) is 2.62. The zero-order valence-electron chi connectivity index (χ0n) is 11.5. The van der Waals surface area contributed by atoms with Gasteiger partial charge in [0.2, 0.25) is 0 Å². The summed E-state index contributed by atoms with van der Waals surface area (Å²) in [6.07, 6.45) is 1.92. The average molecular weight is 289 g/mol. The number of benzene rings is 1. The molecule has 2 aromatic rings.